The fourth-order valence-electron chi connectivity index (χ4n) is 2.32. The van der Waals surface area contributed by atoms with E-state index in [2.05, 4.69) is 19.2 Å². The van der Waals surface area contributed by atoms with Gasteiger partial charge in [-0.05, 0) is 33.2 Å². The van der Waals surface area contributed by atoms with Crippen molar-refractivity contribution in [3.8, 4) is 0 Å². The molecular formula is C14H31NO2S. The molecule has 0 aliphatic rings. The second kappa shape index (κ2) is 7.49. The molecule has 1 N–H and O–H groups in total. The summed E-state index contributed by atoms with van der Waals surface area (Å²) in [6.45, 7) is 8.05. The van der Waals surface area contributed by atoms with Crippen molar-refractivity contribution >= 4 is 9.84 Å². The molecule has 0 saturated heterocycles. The molecule has 0 fully saturated rings. The summed E-state index contributed by atoms with van der Waals surface area (Å²) in [7, 11) is -1.19. The first-order chi connectivity index (χ1) is 8.20. The first-order valence-corrected chi connectivity index (χ1v) is 8.96. The van der Waals surface area contributed by atoms with Crippen LogP contribution in [0.4, 0.5) is 0 Å². The molecular weight excluding hydrogens is 246 g/mol. The van der Waals surface area contributed by atoms with Crippen molar-refractivity contribution in [2.75, 3.05) is 13.3 Å². The molecule has 0 aliphatic carbocycles. The second-order valence-electron chi connectivity index (χ2n) is 5.87. The van der Waals surface area contributed by atoms with Crippen LogP contribution in [0, 0.1) is 5.92 Å². The molecule has 0 spiro atoms. The van der Waals surface area contributed by atoms with Crippen molar-refractivity contribution in [3.63, 3.8) is 0 Å². The fourth-order valence-corrected chi connectivity index (χ4v) is 3.05. The predicted molar refractivity (Wildman–Crippen MR) is 79.7 cm³/mol. The normalized spacial score (nSPS) is 16.6. The van der Waals surface area contributed by atoms with Crippen molar-refractivity contribution in [2.24, 2.45) is 5.92 Å². The summed E-state index contributed by atoms with van der Waals surface area (Å²) in [6.07, 6.45) is 7.03. The van der Waals surface area contributed by atoms with Crippen molar-refractivity contribution in [2.45, 2.75) is 70.6 Å². The van der Waals surface area contributed by atoms with Gasteiger partial charge in [-0.3, -0.25) is 0 Å². The lowest BCUT2D eigenvalue weighted by molar-refractivity contribution is 0.319. The number of hydrogen-bond donors (Lipinski definition) is 1. The third kappa shape index (κ3) is 4.88. The van der Waals surface area contributed by atoms with E-state index < -0.39 is 14.6 Å². The zero-order valence-electron chi connectivity index (χ0n) is 12.9. The molecule has 0 saturated carbocycles. The van der Waals surface area contributed by atoms with E-state index in [4.69, 9.17) is 0 Å². The smallest absolute Gasteiger partial charge is 0.154 e. The first kappa shape index (κ1) is 17.9. The van der Waals surface area contributed by atoms with E-state index in [9.17, 15) is 8.42 Å². The molecule has 0 aromatic carbocycles. The van der Waals surface area contributed by atoms with Gasteiger partial charge in [0.25, 0.3) is 0 Å². The minimum atomic E-state index is -3.05. The Kier molecular flexibility index (Phi) is 7.45. The Balaban J connectivity index is 4.78. The molecule has 0 bridgehead atoms. The molecule has 110 valence electrons. The Morgan fingerprint density at radius 3 is 2.11 bits per heavy atom. The molecule has 0 aliphatic heterocycles. The largest absolute Gasteiger partial charge is 0.315 e. The highest BCUT2D eigenvalue weighted by atomic mass is 32.2. The van der Waals surface area contributed by atoms with Gasteiger partial charge in [-0.1, -0.05) is 39.5 Å². The Labute approximate surface area is 114 Å². The molecule has 0 aromatic rings. The summed E-state index contributed by atoms with van der Waals surface area (Å²) in [5.41, 5.74) is 0. The molecule has 0 radical (unpaired) electrons. The fraction of sp³-hybridized carbons (Fsp3) is 1.00. The van der Waals surface area contributed by atoms with Crippen LogP contribution in [-0.4, -0.2) is 32.5 Å². The van der Waals surface area contributed by atoms with E-state index in [1.165, 1.54) is 25.5 Å². The summed E-state index contributed by atoms with van der Waals surface area (Å²) >= 11 is 0. The Bertz CT molecular complexity index is 323. The number of hydrogen-bond acceptors (Lipinski definition) is 3. The highest BCUT2D eigenvalue weighted by Crippen LogP contribution is 2.28. The first-order valence-electron chi connectivity index (χ1n) is 7.07. The zero-order chi connectivity index (χ0) is 14.4. The lowest BCUT2D eigenvalue weighted by Gasteiger charge is -2.34. The van der Waals surface area contributed by atoms with Gasteiger partial charge in [0, 0.05) is 12.3 Å². The van der Waals surface area contributed by atoms with E-state index in [1.807, 2.05) is 20.9 Å². The van der Waals surface area contributed by atoms with Gasteiger partial charge in [-0.15, -0.1) is 0 Å². The summed E-state index contributed by atoms with van der Waals surface area (Å²) in [6, 6.07) is 0.0225. The summed E-state index contributed by atoms with van der Waals surface area (Å²) < 4.78 is 23.1. The molecule has 2 atom stereocenters. The molecule has 0 amide bonds. The average Bonchev–Trinajstić information content (AvgIpc) is 2.27. The van der Waals surface area contributed by atoms with Crippen LogP contribution >= 0.6 is 0 Å². The molecule has 2 unspecified atom stereocenters. The number of sulfone groups is 1. The third-order valence-electron chi connectivity index (χ3n) is 4.26. The van der Waals surface area contributed by atoms with E-state index in [0.717, 1.165) is 12.8 Å². The lowest BCUT2D eigenvalue weighted by atomic mass is 9.87. The van der Waals surface area contributed by atoms with Gasteiger partial charge in [-0.2, -0.15) is 0 Å². The van der Waals surface area contributed by atoms with Gasteiger partial charge >= 0.3 is 0 Å². The van der Waals surface area contributed by atoms with Crippen LogP contribution in [-0.2, 0) is 9.84 Å². The van der Waals surface area contributed by atoms with E-state index in [1.54, 1.807) is 0 Å². The minimum Gasteiger partial charge on any atom is -0.315 e. The molecule has 4 heteroatoms. The van der Waals surface area contributed by atoms with Gasteiger partial charge < -0.3 is 5.32 Å². The van der Waals surface area contributed by atoms with Crippen molar-refractivity contribution in [1.29, 1.82) is 0 Å². The highest BCUT2D eigenvalue weighted by molar-refractivity contribution is 7.92. The van der Waals surface area contributed by atoms with Gasteiger partial charge in [-0.25, -0.2) is 8.42 Å². The van der Waals surface area contributed by atoms with Crippen LogP contribution in [0.15, 0.2) is 0 Å². The number of unbranched alkanes of at least 4 members (excludes halogenated alkanes) is 1. The van der Waals surface area contributed by atoms with Gasteiger partial charge in [0.05, 0.1) is 4.75 Å². The van der Waals surface area contributed by atoms with Crippen LogP contribution in [0.3, 0.4) is 0 Å². The Hall–Kier alpha value is -0.0900. The standard InChI is InChI=1S/C14H31NO2S/c1-7-9-10-12(8-2)11-13(15-5)14(3,4)18(6,16)17/h12-13,15H,7-11H2,1-6H3. The highest BCUT2D eigenvalue weighted by Gasteiger charge is 2.38. The monoisotopic (exact) mass is 277 g/mol. The maximum Gasteiger partial charge on any atom is 0.154 e. The topological polar surface area (TPSA) is 46.2 Å². The second-order valence-corrected chi connectivity index (χ2v) is 8.47. The molecule has 0 rings (SSSR count). The van der Waals surface area contributed by atoms with Crippen molar-refractivity contribution < 1.29 is 8.42 Å². The van der Waals surface area contributed by atoms with Crippen molar-refractivity contribution in [3.05, 3.63) is 0 Å². The minimum absolute atomic E-state index is 0.0225. The number of rotatable bonds is 9. The molecule has 3 nitrogen and oxygen atoms in total. The molecule has 18 heavy (non-hydrogen) atoms. The van der Waals surface area contributed by atoms with Gasteiger partial charge in [0.2, 0.25) is 0 Å². The zero-order valence-corrected chi connectivity index (χ0v) is 13.7. The van der Waals surface area contributed by atoms with Crippen LogP contribution in [0.5, 0.6) is 0 Å². The summed E-state index contributed by atoms with van der Waals surface area (Å²) in [5, 5.41) is 3.21. The predicted octanol–water partition coefficient (Wildman–Crippen LogP) is 3.00. The Morgan fingerprint density at radius 1 is 1.22 bits per heavy atom. The third-order valence-corrected chi connectivity index (χ3v) is 6.45. The van der Waals surface area contributed by atoms with E-state index in [-0.39, 0.29) is 6.04 Å². The van der Waals surface area contributed by atoms with Crippen LogP contribution in [0.2, 0.25) is 0 Å². The Morgan fingerprint density at radius 2 is 1.78 bits per heavy atom. The van der Waals surface area contributed by atoms with E-state index >= 15 is 0 Å². The lowest BCUT2D eigenvalue weighted by Crippen LogP contribution is -2.51. The maximum atomic E-state index is 11.9. The van der Waals surface area contributed by atoms with Crippen molar-refractivity contribution in [1.82, 2.24) is 5.32 Å². The van der Waals surface area contributed by atoms with Gasteiger partial charge in [0.15, 0.2) is 9.84 Å². The maximum absolute atomic E-state index is 11.9. The van der Waals surface area contributed by atoms with Crippen LogP contribution in [0.25, 0.3) is 0 Å². The molecule has 0 aromatic heterocycles. The SMILES string of the molecule is CCCCC(CC)CC(NC)C(C)(C)S(C)(=O)=O. The van der Waals surface area contributed by atoms with Gasteiger partial charge in [0.1, 0.15) is 0 Å². The van der Waals surface area contributed by atoms with E-state index in [0.29, 0.717) is 5.92 Å². The number of nitrogens with one attached hydrogen (secondary N) is 1. The quantitative estimate of drug-likeness (QED) is 0.704. The average molecular weight is 277 g/mol. The van der Waals surface area contributed by atoms with Crippen LogP contribution in [0.1, 0.15) is 59.8 Å². The summed E-state index contributed by atoms with van der Waals surface area (Å²) in [4.78, 5) is 0. The van der Waals surface area contributed by atoms with Crippen LogP contribution < -0.4 is 5.32 Å². The molecule has 0 heterocycles. The summed E-state index contributed by atoms with van der Waals surface area (Å²) in [5.74, 6) is 0.614.